The minimum Gasteiger partial charge on any atom is -0.491 e. The van der Waals surface area contributed by atoms with Crippen molar-refractivity contribution in [2.24, 2.45) is 0 Å². The first-order chi connectivity index (χ1) is 14.1. The summed E-state index contributed by atoms with van der Waals surface area (Å²) >= 11 is 6.17. The highest BCUT2D eigenvalue weighted by Gasteiger charge is 2.21. The Morgan fingerprint density at radius 2 is 1.72 bits per heavy atom. The maximum absolute atomic E-state index is 10.4. The second-order valence-corrected chi connectivity index (χ2v) is 8.13. The number of nitrogens with zero attached hydrogens (tertiary/aromatic N) is 2. The topological polar surface area (TPSA) is 35.9 Å². The van der Waals surface area contributed by atoms with Crippen molar-refractivity contribution in [2.45, 2.75) is 13.0 Å². The Kier molecular flexibility index (Phi) is 6.24. The van der Waals surface area contributed by atoms with Crippen LogP contribution in [0.1, 0.15) is 5.56 Å². The summed E-state index contributed by atoms with van der Waals surface area (Å²) < 4.78 is 5.84. The van der Waals surface area contributed by atoms with Gasteiger partial charge in [0.25, 0.3) is 0 Å². The minimum absolute atomic E-state index is 0.298. The number of benzene rings is 3. The first-order valence-corrected chi connectivity index (χ1v) is 10.5. The van der Waals surface area contributed by atoms with Gasteiger partial charge in [0.05, 0.1) is 0 Å². The average molecular weight is 411 g/mol. The molecule has 0 aromatic heterocycles. The molecule has 0 radical (unpaired) electrons. The van der Waals surface area contributed by atoms with Crippen molar-refractivity contribution in [1.29, 1.82) is 0 Å². The molecule has 1 unspecified atom stereocenters. The number of piperazine rings is 1. The molecule has 1 heterocycles. The summed E-state index contributed by atoms with van der Waals surface area (Å²) in [7, 11) is 0. The second-order valence-electron chi connectivity index (χ2n) is 7.69. The van der Waals surface area contributed by atoms with E-state index in [1.807, 2.05) is 42.5 Å². The predicted octanol–water partition coefficient (Wildman–Crippen LogP) is 4.36. The van der Waals surface area contributed by atoms with Crippen LogP contribution in [0.5, 0.6) is 5.75 Å². The number of anilines is 1. The summed E-state index contributed by atoms with van der Waals surface area (Å²) in [5.74, 6) is 0.795. The smallest absolute Gasteiger partial charge is 0.120 e. The average Bonchev–Trinajstić information content (AvgIpc) is 2.74. The van der Waals surface area contributed by atoms with E-state index in [4.69, 9.17) is 16.3 Å². The van der Waals surface area contributed by atoms with Crippen LogP contribution >= 0.6 is 11.6 Å². The van der Waals surface area contributed by atoms with E-state index in [1.165, 1.54) is 16.6 Å². The normalized spacial score (nSPS) is 16.2. The van der Waals surface area contributed by atoms with Gasteiger partial charge in [-0.15, -0.1) is 0 Å². The molecular formula is C24H27ClN2O2. The Labute approximate surface area is 177 Å². The van der Waals surface area contributed by atoms with Crippen LogP contribution in [0.2, 0.25) is 5.02 Å². The molecule has 1 fully saturated rings. The molecule has 1 atom stereocenters. The molecule has 4 rings (SSSR count). The lowest BCUT2D eigenvalue weighted by Crippen LogP contribution is -2.49. The second kappa shape index (κ2) is 9.04. The highest BCUT2D eigenvalue weighted by atomic mass is 35.5. The lowest BCUT2D eigenvalue weighted by Gasteiger charge is -2.37. The molecule has 0 bridgehead atoms. The number of rotatable bonds is 6. The molecule has 5 heteroatoms. The van der Waals surface area contributed by atoms with Crippen LogP contribution in [-0.4, -0.2) is 55.4 Å². The number of aliphatic hydroxyl groups is 1. The molecule has 0 aliphatic carbocycles. The first-order valence-electron chi connectivity index (χ1n) is 10.1. The van der Waals surface area contributed by atoms with Crippen molar-refractivity contribution in [3.63, 3.8) is 0 Å². The van der Waals surface area contributed by atoms with Crippen molar-refractivity contribution in [1.82, 2.24) is 4.90 Å². The molecule has 0 spiro atoms. The SMILES string of the molecule is Cc1ccc(Cl)cc1N1CCN(CC(O)COc2ccc3ccccc3c2)CC1. The lowest BCUT2D eigenvalue weighted by atomic mass is 10.1. The molecule has 0 amide bonds. The zero-order valence-corrected chi connectivity index (χ0v) is 17.5. The van der Waals surface area contributed by atoms with E-state index >= 15 is 0 Å². The maximum Gasteiger partial charge on any atom is 0.120 e. The minimum atomic E-state index is -0.513. The molecule has 1 aliphatic rings. The van der Waals surface area contributed by atoms with Gasteiger partial charge >= 0.3 is 0 Å². The van der Waals surface area contributed by atoms with Gasteiger partial charge in [-0.1, -0.05) is 48.0 Å². The predicted molar refractivity (Wildman–Crippen MR) is 120 cm³/mol. The van der Waals surface area contributed by atoms with Gasteiger partial charge < -0.3 is 14.7 Å². The number of fused-ring (bicyclic) bond motifs is 1. The monoisotopic (exact) mass is 410 g/mol. The van der Waals surface area contributed by atoms with Gasteiger partial charge in [-0.2, -0.15) is 0 Å². The molecule has 1 N–H and O–H groups in total. The standard InChI is InChI=1S/C24H27ClN2O2/c1-18-6-8-21(25)15-24(18)27-12-10-26(11-13-27)16-22(28)17-29-23-9-7-19-4-2-3-5-20(19)14-23/h2-9,14-15,22,28H,10-13,16-17H2,1H3. The Hall–Kier alpha value is -2.27. The molecule has 1 aliphatic heterocycles. The number of hydrogen-bond donors (Lipinski definition) is 1. The van der Waals surface area contributed by atoms with Crippen molar-refractivity contribution >= 4 is 28.1 Å². The van der Waals surface area contributed by atoms with E-state index in [0.29, 0.717) is 13.2 Å². The van der Waals surface area contributed by atoms with Crippen LogP contribution in [0.15, 0.2) is 60.7 Å². The summed E-state index contributed by atoms with van der Waals surface area (Å²) in [5, 5.41) is 13.5. The van der Waals surface area contributed by atoms with Gasteiger partial charge in [0.2, 0.25) is 0 Å². The number of aryl methyl sites for hydroxylation is 1. The molecule has 3 aromatic rings. The zero-order chi connectivity index (χ0) is 20.2. The fourth-order valence-electron chi connectivity index (χ4n) is 3.89. The quantitative estimate of drug-likeness (QED) is 0.654. The molecule has 4 nitrogen and oxygen atoms in total. The summed E-state index contributed by atoms with van der Waals surface area (Å²) in [5.41, 5.74) is 2.45. The van der Waals surface area contributed by atoms with Crippen LogP contribution in [0.4, 0.5) is 5.69 Å². The fraction of sp³-hybridized carbons (Fsp3) is 0.333. The van der Waals surface area contributed by atoms with Gasteiger partial charge in [-0.25, -0.2) is 0 Å². The Bertz CT molecular complexity index is 970. The van der Waals surface area contributed by atoms with Crippen molar-refractivity contribution in [3.05, 3.63) is 71.2 Å². The fourth-order valence-corrected chi connectivity index (χ4v) is 4.06. The highest BCUT2D eigenvalue weighted by molar-refractivity contribution is 6.30. The molecule has 152 valence electrons. The van der Waals surface area contributed by atoms with E-state index < -0.39 is 6.10 Å². The Morgan fingerprint density at radius 1 is 0.966 bits per heavy atom. The molecule has 3 aromatic carbocycles. The van der Waals surface area contributed by atoms with Crippen molar-refractivity contribution < 1.29 is 9.84 Å². The Morgan fingerprint density at radius 3 is 2.52 bits per heavy atom. The van der Waals surface area contributed by atoms with E-state index in [0.717, 1.165) is 42.3 Å². The van der Waals surface area contributed by atoms with Gasteiger partial charge in [0.15, 0.2) is 0 Å². The zero-order valence-electron chi connectivity index (χ0n) is 16.7. The molecule has 0 saturated carbocycles. The maximum atomic E-state index is 10.4. The van der Waals surface area contributed by atoms with Gasteiger partial charge in [0, 0.05) is 43.4 Å². The van der Waals surface area contributed by atoms with Crippen LogP contribution in [0, 0.1) is 6.92 Å². The van der Waals surface area contributed by atoms with Crippen LogP contribution in [0.25, 0.3) is 10.8 Å². The summed E-state index contributed by atoms with van der Waals surface area (Å²) in [4.78, 5) is 4.67. The van der Waals surface area contributed by atoms with E-state index in [1.54, 1.807) is 0 Å². The highest BCUT2D eigenvalue weighted by Crippen LogP contribution is 2.25. The number of halogens is 1. The number of ether oxygens (including phenoxy) is 1. The Balaban J connectivity index is 1.26. The third-order valence-corrected chi connectivity index (χ3v) is 5.75. The van der Waals surface area contributed by atoms with Gasteiger partial charge in [0.1, 0.15) is 18.5 Å². The molecule has 29 heavy (non-hydrogen) atoms. The van der Waals surface area contributed by atoms with Crippen LogP contribution in [0.3, 0.4) is 0 Å². The largest absolute Gasteiger partial charge is 0.491 e. The first kappa shape index (κ1) is 20.0. The summed E-state index contributed by atoms with van der Waals surface area (Å²) in [6.07, 6.45) is -0.513. The van der Waals surface area contributed by atoms with Gasteiger partial charge in [-0.05, 0) is 47.5 Å². The third kappa shape index (κ3) is 5.02. The molecule has 1 saturated heterocycles. The summed E-state index contributed by atoms with van der Waals surface area (Å²) in [6, 6.07) is 20.3. The summed E-state index contributed by atoms with van der Waals surface area (Å²) in [6.45, 7) is 6.73. The van der Waals surface area contributed by atoms with E-state index in [-0.39, 0.29) is 0 Å². The van der Waals surface area contributed by atoms with Crippen LogP contribution < -0.4 is 9.64 Å². The third-order valence-electron chi connectivity index (χ3n) is 5.52. The van der Waals surface area contributed by atoms with Crippen molar-refractivity contribution in [2.75, 3.05) is 44.2 Å². The lowest BCUT2D eigenvalue weighted by molar-refractivity contribution is 0.0663. The van der Waals surface area contributed by atoms with Gasteiger partial charge in [-0.3, -0.25) is 4.90 Å². The van der Waals surface area contributed by atoms with Crippen LogP contribution in [-0.2, 0) is 0 Å². The number of β-amino-alcohol motifs (C(OH)–C–C–N with tert-alkyl or cyclic N) is 1. The van der Waals surface area contributed by atoms with Crippen molar-refractivity contribution in [3.8, 4) is 5.75 Å². The number of hydrogen-bond acceptors (Lipinski definition) is 4. The van der Waals surface area contributed by atoms with E-state index in [2.05, 4.69) is 34.9 Å². The molecular weight excluding hydrogens is 384 g/mol. The van der Waals surface area contributed by atoms with E-state index in [9.17, 15) is 5.11 Å². The number of aliphatic hydroxyl groups excluding tert-OH is 1.